The van der Waals surface area contributed by atoms with E-state index in [0.717, 1.165) is 60.1 Å². The minimum Gasteiger partial charge on any atom is -0.310 e. The summed E-state index contributed by atoms with van der Waals surface area (Å²) >= 11 is 0. The van der Waals surface area contributed by atoms with E-state index in [9.17, 15) is 4.79 Å². The lowest BCUT2D eigenvalue weighted by Crippen LogP contribution is -2.34. The average Bonchev–Trinajstić information content (AvgIpc) is 2.98. The fourth-order valence-corrected chi connectivity index (χ4v) is 4.43. The molecule has 3 aromatic rings. The predicted octanol–water partition coefficient (Wildman–Crippen LogP) is 3.45. The summed E-state index contributed by atoms with van der Waals surface area (Å²) in [6.45, 7) is 0.927. The first-order valence-corrected chi connectivity index (χ1v) is 10.1. The van der Waals surface area contributed by atoms with E-state index in [1.165, 1.54) is 30.4 Å². The van der Waals surface area contributed by atoms with Crippen LogP contribution in [-0.4, -0.2) is 20.8 Å². The highest BCUT2D eigenvalue weighted by Gasteiger charge is 2.22. The molecule has 5 rings (SSSR count). The van der Waals surface area contributed by atoms with Gasteiger partial charge in [0.05, 0.1) is 0 Å². The third-order valence-electron chi connectivity index (χ3n) is 6.25. The van der Waals surface area contributed by atoms with Gasteiger partial charge in [-0.05, 0) is 49.7 Å². The van der Waals surface area contributed by atoms with Gasteiger partial charge in [-0.25, -0.2) is 0 Å². The number of pyridine rings is 1. The van der Waals surface area contributed by atoms with E-state index >= 15 is 0 Å². The van der Waals surface area contributed by atoms with E-state index in [2.05, 4.69) is 34.6 Å². The van der Waals surface area contributed by atoms with Crippen LogP contribution in [0.1, 0.15) is 48.8 Å². The Kier molecular flexibility index (Phi) is 4.12. The van der Waals surface area contributed by atoms with Crippen LogP contribution < -0.4 is 10.9 Å². The van der Waals surface area contributed by atoms with Crippen molar-refractivity contribution in [3.63, 3.8) is 0 Å². The Morgan fingerprint density at radius 2 is 1.85 bits per heavy atom. The van der Waals surface area contributed by atoms with Crippen molar-refractivity contribution in [1.82, 2.24) is 20.1 Å². The summed E-state index contributed by atoms with van der Waals surface area (Å²) in [7, 11) is 1.91. The average molecular weight is 362 g/mol. The molecule has 0 saturated heterocycles. The van der Waals surface area contributed by atoms with Crippen molar-refractivity contribution in [3.05, 3.63) is 51.3 Å². The molecule has 0 spiro atoms. The molecule has 2 aliphatic carbocycles. The van der Waals surface area contributed by atoms with Crippen LogP contribution in [0, 0.1) is 0 Å². The third kappa shape index (κ3) is 2.90. The summed E-state index contributed by atoms with van der Waals surface area (Å²) in [6, 6.07) is 9.42. The molecule has 0 aliphatic heterocycles. The zero-order valence-electron chi connectivity index (χ0n) is 15.8. The van der Waals surface area contributed by atoms with Crippen LogP contribution in [-0.2, 0) is 26.4 Å². The minimum absolute atomic E-state index is 0.0594. The summed E-state index contributed by atoms with van der Waals surface area (Å²) in [5.41, 5.74) is 6.48. The van der Waals surface area contributed by atoms with Crippen LogP contribution in [0.15, 0.2) is 29.1 Å². The molecule has 140 valence electrons. The smallest absolute Gasteiger partial charge is 0.253 e. The lowest BCUT2D eigenvalue weighted by atomic mass is 9.89. The van der Waals surface area contributed by atoms with Gasteiger partial charge in [-0.1, -0.05) is 30.7 Å². The molecule has 5 nitrogen and oxygen atoms in total. The van der Waals surface area contributed by atoms with Gasteiger partial charge in [0.1, 0.15) is 11.3 Å². The van der Waals surface area contributed by atoms with Gasteiger partial charge < -0.3 is 10.3 Å². The largest absolute Gasteiger partial charge is 0.310 e. The highest BCUT2D eigenvalue weighted by molar-refractivity contribution is 5.94. The van der Waals surface area contributed by atoms with Gasteiger partial charge in [0.15, 0.2) is 0 Å². The Morgan fingerprint density at radius 1 is 1.11 bits per heavy atom. The maximum absolute atomic E-state index is 12.5. The van der Waals surface area contributed by atoms with Gasteiger partial charge in [0.2, 0.25) is 0 Å². The highest BCUT2D eigenvalue weighted by atomic mass is 16.1. The number of aromatic nitrogens is 3. The predicted molar refractivity (Wildman–Crippen MR) is 108 cm³/mol. The zero-order valence-corrected chi connectivity index (χ0v) is 15.8. The number of hydrogen-bond acceptors (Lipinski definition) is 3. The van der Waals surface area contributed by atoms with Crippen LogP contribution in [0.5, 0.6) is 0 Å². The number of nitrogens with zero attached hydrogens (tertiary/aromatic N) is 2. The molecule has 0 bridgehead atoms. The summed E-state index contributed by atoms with van der Waals surface area (Å²) < 4.78 is 1.81. The normalized spacial score (nSPS) is 17.1. The van der Waals surface area contributed by atoms with Crippen LogP contribution in [0.3, 0.4) is 0 Å². The number of benzene rings is 1. The van der Waals surface area contributed by atoms with Crippen molar-refractivity contribution in [1.29, 1.82) is 0 Å². The van der Waals surface area contributed by atoms with Crippen LogP contribution in [0.2, 0.25) is 0 Å². The van der Waals surface area contributed by atoms with Gasteiger partial charge in [-0.2, -0.15) is 5.10 Å². The molecular formula is C22H26N4O. The SMILES string of the molecule is Cn1nc(-c2ccc(CNC3CCC3)cc2)c2c3c(c(=O)[nH]c21)CCCC3. The maximum atomic E-state index is 12.5. The van der Waals surface area contributed by atoms with Gasteiger partial charge >= 0.3 is 0 Å². The summed E-state index contributed by atoms with van der Waals surface area (Å²) in [5.74, 6) is 0. The number of aryl methyl sites for hydroxylation is 2. The Bertz CT molecular complexity index is 1040. The van der Waals surface area contributed by atoms with E-state index in [1.807, 2.05) is 11.7 Å². The first kappa shape index (κ1) is 16.8. The second-order valence-corrected chi connectivity index (χ2v) is 8.02. The number of fused-ring (bicyclic) bond motifs is 3. The number of hydrogen-bond donors (Lipinski definition) is 2. The molecule has 2 N–H and O–H groups in total. The second kappa shape index (κ2) is 6.64. The highest BCUT2D eigenvalue weighted by Crippen LogP contribution is 2.33. The van der Waals surface area contributed by atoms with E-state index in [4.69, 9.17) is 5.10 Å². The van der Waals surface area contributed by atoms with Gasteiger partial charge in [-0.3, -0.25) is 9.48 Å². The van der Waals surface area contributed by atoms with E-state index in [1.54, 1.807) is 0 Å². The quantitative estimate of drug-likeness (QED) is 0.747. The molecule has 2 aromatic heterocycles. The first-order chi connectivity index (χ1) is 13.2. The Labute approximate surface area is 158 Å². The lowest BCUT2D eigenvalue weighted by molar-refractivity contribution is 0.338. The Morgan fingerprint density at radius 3 is 2.56 bits per heavy atom. The summed E-state index contributed by atoms with van der Waals surface area (Å²) in [6.07, 6.45) is 8.06. The van der Waals surface area contributed by atoms with Crippen molar-refractivity contribution < 1.29 is 0 Å². The molecule has 0 amide bonds. The van der Waals surface area contributed by atoms with Crippen LogP contribution in [0.25, 0.3) is 22.3 Å². The molecule has 5 heteroatoms. The summed E-state index contributed by atoms with van der Waals surface area (Å²) in [4.78, 5) is 15.5. The second-order valence-electron chi connectivity index (χ2n) is 8.02. The maximum Gasteiger partial charge on any atom is 0.253 e. The van der Waals surface area contributed by atoms with Crippen molar-refractivity contribution in [2.24, 2.45) is 7.05 Å². The monoisotopic (exact) mass is 362 g/mol. The van der Waals surface area contributed by atoms with E-state index in [0.29, 0.717) is 6.04 Å². The van der Waals surface area contributed by atoms with Gasteiger partial charge in [0, 0.05) is 36.1 Å². The van der Waals surface area contributed by atoms with Crippen molar-refractivity contribution >= 4 is 11.0 Å². The molecule has 1 aromatic carbocycles. The molecule has 2 aliphatic rings. The molecular weight excluding hydrogens is 336 g/mol. The number of rotatable bonds is 4. The van der Waals surface area contributed by atoms with Crippen molar-refractivity contribution in [3.8, 4) is 11.3 Å². The molecule has 2 heterocycles. The molecule has 1 saturated carbocycles. The standard InChI is InChI=1S/C22H26N4O/c1-26-21-19(17-7-2-3-8-18(17)22(27)24-21)20(25-26)15-11-9-14(10-12-15)13-23-16-5-4-6-16/h9-12,16,23H,2-8,13H2,1H3,(H,24,27). The number of aromatic amines is 1. The topological polar surface area (TPSA) is 62.7 Å². The molecule has 0 unspecified atom stereocenters. The molecule has 27 heavy (non-hydrogen) atoms. The molecule has 0 radical (unpaired) electrons. The Hall–Kier alpha value is -2.40. The van der Waals surface area contributed by atoms with Gasteiger partial charge in [0.25, 0.3) is 5.56 Å². The van der Waals surface area contributed by atoms with Crippen molar-refractivity contribution in [2.75, 3.05) is 0 Å². The third-order valence-corrected chi connectivity index (χ3v) is 6.25. The first-order valence-electron chi connectivity index (χ1n) is 10.1. The van der Waals surface area contributed by atoms with Crippen molar-refractivity contribution in [2.45, 2.75) is 57.5 Å². The Balaban J connectivity index is 1.53. The van der Waals surface area contributed by atoms with Gasteiger partial charge in [-0.15, -0.1) is 0 Å². The lowest BCUT2D eigenvalue weighted by Gasteiger charge is -2.26. The van der Waals surface area contributed by atoms with E-state index in [-0.39, 0.29) is 5.56 Å². The molecule has 0 atom stereocenters. The summed E-state index contributed by atoms with van der Waals surface area (Å²) in [5, 5.41) is 9.51. The number of nitrogens with one attached hydrogen (secondary N) is 2. The number of H-pyrrole nitrogens is 1. The van der Waals surface area contributed by atoms with Crippen LogP contribution in [0.4, 0.5) is 0 Å². The fourth-order valence-electron chi connectivity index (χ4n) is 4.43. The van der Waals surface area contributed by atoms with Crippen LogP contribution >= 0.6 is 0 Å². The van der Waals surface area contributed by atoms with E-state index < -0.39 is 0 Å². The minimum atomic E-state index is 0.0594. The zero-order chi connectivity index (χ0) is 18.4. The fraction of sp³-hybridized carbons (Fsp3) is 0.455. The molecule has 1 fully saturated rings.